The molecule has 0 spiro atoms. The standard InChI is InChI=1S/C15H17BrN2OS/c1-17-9-8-11-4-2-3-5-13(11)15(19)18-10-12-6-7-14(16)20-12/h2-7,17H,8-10H2,1H3,(H,18,19). The third-order valence-electron chi connectivity index (χ3n) is 2.96. The molecule has 1 aromatic heterocycles. The van der Waals surface area contributed by atoms with E-state index in [1.165, 1.54) is 0 Å². The molecule has 3 nitrogen and oxygen atoms in total. The van der Waals surface area contributed by atoms with Gasteiger partial charge in [-0.25, -0.2) is 0 Å². The first-order valence-electron chi connectivity index (χ1n) is 6.45. The fraction of sp³-hybridized carbons (Fsp3) is 0.267. The lowest BCUT2D eigenvalue weighted by molar-refractivity contribution is 0.0950. The molecule has 2 N–H and O–H groups in total. The first-order chi connectivity index (χ1) is 9.70. The van der Waals surface area contributed by atoms with Crippen molar-refractivity contribution in [1.29, 1.82) is 0 Å². The third-order valence-corrected chi connectivity index (χ3v) is 4.58. The summed E-state index contributed by atoms with van der Waals surface area (Å²) in [6.07, 6.45) is 0.852. The highest BCUT2D eigenvalue weighted by Crippen LogP contribution is 2.21. The molecular formula is C15H17BrN2OS. The van der Waals surface area contributed by atoms with Gasteiger partial charge in [0.25, 0.3) is 5.91 Å². The van der Waals surface area contributed by atoms with Gasteiger partial charge in [0.1, 0.15) is 0 Å². The Morgan fingerprint density at radius 3 is 2.75 bits per heavy atom. The Balaban J connectivity index is 2.01. The Labute approximate surface area is 131 Å². The van der Waals surface area contributed by atoms with Crippen molar-refractivity contribution in [1.82, 2.24) is 10.6 Å². The van der Waals surface area contributed by atoms with E-state index < -0.39 is 0 Å². The fourth-order valence-corrected chi connectivity index (χ4v) is 3.35. The number of rotatable bonds is 6. The lowest BCUT2D eigenvalue weighted by Gasteiger charge is -2.09. The highest BCUT2D eigenvalue weighted by atomic mass is 79.9. The number of hydrogen-bond donors (Lipinski definition) is 2. The van der Waals surface area contributed by atoms with Gasteiger partial charge >= 0.3 is 0 Å². The van der Waals surface area contributed by atoms with Gasteiger partial charge in [0.15, 0.2) is 0 Å². The summed E-state index contributed by atoms with van der Waals surface area (Å²) in [5.41, 5.74) is 1.84. The number of nitrogens with one attached hydrogen (secondary N) is 2. The van der Waals surface area contributed by atoms with Crippen LogP contribution in [-0.4, -0.2) is 19.5 Å². The van der Waals surface area contributed by atoms with Gasteiger partial charge in [-0.15, -0.1) is 11.3 Å². The Morgan fingerprint density at radius 2 is 2.05 bits per heavy atom. The summed E-state index contributed by atoms with van der Waals surface area (Å²) in [4.78, 5) is 13.4. The van der Waals surface area contributed by atoms with E-state index in [0.29, 0.717) is 6.54 Å². The Morgan fingerprint density at radius 1 is 1.25 bits per heavy atom. The van der Waals surface area contributed by atoms with E-state index in [1.807, 2.05) is 43.4 Å². The maximum absolute atomic E-state index is 12.3. The van der Waals surface area contributed by atoms with Crippen molar-refractivity contribution < 1.29 is 4.79 Å². The minimum atomic E-state index is -0.0128. The molecule has 2 aromatic rings. The van der Waals surface area contributed by atoms with Crippen LogP contribution in [0.3, 0.4) is 0 Å². The summed E-state index contributed by atoms with van der Waals surface area (Å²) in [6, 6.07) is 11.8. The summed E-state index contributed by atoms with van der Waals surface area (Å²) < 4.78 is 1.08. The normalized spacial score (nSPS) is 10.5. The number of benzene rings is 1. The number of amides is 1. The minimum absolute atomic E-state index is 0.0128. The van der Waals surface area contributed by atoms with Gasteiger partial charge in [-0.2, -0.15) is 0 Å². The third kappa shape index (κ3) is 4.16. The molecule has 20 heavy (non-hydrogen) atoms. The van der Waals surface area contributed by atoms with Crippen molar-refractivity contribution >= 4 is 33.2 Å². The van der Waals surface area contributed by atoms with Gasteiger partial charge in [0.05, 0.1) is 10.3 Å². The van der Waals surface area contributed by atoms with E-state index in [4.69, 9.17) is 0 Å². The molecule has 0 aliphatic carbocycles. The summed E-state index contributed by atoms with van der Waals surface area (Å²) in [7, 11) is 1.91. The van der Waals surface area contributed by atoms with Gasteiger partial charge in [-0.3, -0.25) is 4.79 Å². The second-order valence-electron chi connectivity index (χ2n) is 4.40. The first kappa shape index (κ1) is 15.2. The topological polar surface area (TPSA) is 41.1 Å². The molecule has 1 aromatic carbocycles. The van der Waals surface area contributed by atoms with Crippen molar-refractivity contribution in [3.05, 3.63) is 56.2 Å². The molecule has 106 valence electrons. The monoisotopic (exact) mass is 352 g/mol. The van der Waals surface area contributed by atoms with E-state index in [1.54, 1.807) is 11.3 Å². The van der Waals surface area contributed by atoms with Crippen LogP contribution in [-0.2, 0) is 13.0 Å². The predicted octanol–water partition coefficient (Wildman–Crippen LogP) is 3.20. The fourth-order valence-electron chi connectivity index (χ4n) is 1.93. The number of likely N-dealkylation sites (N-methyl/N-ethyl adjacent to an activating group) is 1. The Hall–Kier alpha value is -1.17. The van der Waals surface area contributed by atoms with Crippen LogP contribution in [0, 0.1) is 0 Å². The summed E-state index contributed by atoms with van der Waals surface area (Å²) >= 11 is 5.06. The second kappa shape index (κ2) is 7.57. The molecular weight excluding hydrogens is 336 g/mol. The average molecular weight is 353 g/mol. The average Bonchev–Trinajstić information content (AvgIpc) is 2.88. The summed E-state index contributed by atoms with van der Waals surface area (Å²) in [5, 5.41) is 6.08. The van der Waals surface area contributed by atoms with Crippen LogP contribution < -0.4 is 10.6 Å². The van der Waals surface area contributed by atoms with Gasteiger partial charge < -0.3 is 10.6 Å². The Kier molecular flexibility index (Phi) is 5.76. The highest BCUT2D eigenvalue weighted by Gasteiger charge is 2.10. The zero-order valence-corrected chi connectivity index (χ0v) is 13.7. The van der Waals surface area contributed by atoms with Gasteiger partial charge in [0.2, 0.25) is 0 Å². The van der Waals surface area contributed by atoms with Gasteiger partial charge in [-0.05, 0) is 59.7 Å². The van der Waals surface area contributed by atoms with Crippen molar-refractivity contribution in [2.45, 2.75) is 13.0 Å². The number of carbonyl (C=O) groups excluding carboxylic acids is 1. The quantitative estimate of drug-likeness (QED) is 0.837. The molecule has 0 saturated heterocycles. The molecule has 0 fully saturated rings. The van der Waals surface area contributed by atoms with E-state index >= 15 is 0 Å². The molecule has 0 saturated carbocycles. The molecule has 0 atom stereocenters. The van der Waals surface area contributed by atoms with E-state index in [-0.39, 0.29) is 5.91 Å². The minimum Gasteiger partial charge on any atom is -0.347 e. The van der Waals surface area contributed by atoms with Crippen LogP contribution >= 0.6 is 27.3 Å². The maximum Gasteiger partial charge on any atom is 0.251 e. The number of thiophene rings is 1. The highest BCUT2D eigenvalue weighted by molar-refractivity contribution is 9.11. The van der Waals surface area contributed by atoms with Crippen LogP contribution in [0.5, 0.6) is 0 Å². The largest absolute Gasteiger partial charge is 0.347 e. The van der Waals surface area contributed by atoms with Crippen LogP contribution in [0.1, 0.15) is 20.8 Å². The lowest BCUT2D eigenvalue weighted by Crippen LogP contribution is -2.24. The van der Waals surface area contributed by atoms with Crippen LogP contribution in [0.4, 0.5) is 0 Å². The molecule has 0 aliphatic rings. The van der Waals surface area contributed by atoms with E-state index in [2.05, 4.69) is 26.6 Å². The van der Waals surface area contributed by atoms with Gasteiger partial charge in [0, 0.05) is 10.4 Å². The summed E-state index contributed by atoms with van der Waals surface area (Å²) in [6.45, 7) is 1.43. The molecule has 2 rings (SSSR count). The van der Waals surface area contributed by atoms with Crippen LogP contribution in [0.25, 0.3) is 0 Å². The lowest BCUT2D eigenvalue weighted by atomic mass is 10.0. The van der Waals surface area contributed by atoms with E-state index in [9.17, 15) is 4.79 Å². The molecule has 0 aliphatic heterocycles. The van der Waals surface area contributed by atoms with Crippen molar-refractivity contribution in [2.24, 2.45) is 0 Å². The molecule has 1 heterocycles. The molecule has 0 unspecified atom stereocenters. The molecule has 1 amide bonds. The van der Waals surface area contributed by atoms with Gasteiger partial charge in [-0.1, -0.05) is 18.2 Å². The zero-order valence-electron chi connectivity index (χ0n) is 11.3. The number of hydrogen-bond acceptors (Lipinski definition) is 3. The van der Waals surface area contributed by atoms with Crippen LogP contribution in [0.2, 0.25) is 0 Å². The molecule has 0 radical (unpaired) electrons. The summed E-state index contributed by atoms with van der Waals surface area (Å²) in [5.74, 6) is -0.0128. The maximum atomic E-state index is 12.3. The zero-order chi connectivity index (χ0) is 14.4. The predicted molar refractivity (Wildman–Crippen MR) is 87.3 cm³/mol. The van der Waals surface area contributed by atoms with Crippen molar-refractivity contribution in [3.63, 3.8) is 0 Å². The van der Waals surface area contributed by atoms with Crippen molar-refractivity contribution in [2.75, 3.05) is 13.6 Å². The molecule has 0 bridgehead atoms. The Bertz CT molecular complexity index is 583. The SMILES string of the molecule is CNCCc1ccccc1C(=O)NCc1ccc(Br)s1. The number of carbonyl (C=O) groups is 1. The first-order valence-corrected chi connectivity index (χ1v) is 8.06. The number of halogens is 1. The van der Waals surface area contributed by atoms with Crippen LogP contribution in [0.15, 0.2) is 40.2 Å². The molecule has 5 heteroatoms. The van der Waals surface area contributed by atoms with Crippen molar-refractivity contribution in [3.8, 4) is 0 Å². The van der Waals surface area contributed by atoms with E-state index in [0.717, 1.165) is 32.8 Å². The second-order valence-corrected chi connectivity index (χ2v) is 6.95. The smallest absolute Gasteiger partial charge is 0.251 e.